The number of benzene rings is 2. The Balaban J connectivity index is 1.52. The molecule has 5 rings (SSSR count). The van der Waals surface area contributed by atoms with E-state index in [-0.39, 0.29) is 21.9 Å². The Kier molecular flexibility index (Phi) is 4.56. The number of halogens is 2. The second-order valence-corrected chi connectivity index (χ2v) is 10.1. The zero-order valence-electron chi connectivity index (χ0n) is 17.9. The minimum absolute atomic E-state index is 0.208. The Labute approximate surface area is 195 Å². The highest BCUT2D eigenvalue weighted by molar-refractivity contribution is 6.36. The minimum atomic E-state index is -0.912. The Morgan fingerprint density at radius 2 is 1.56 bits per heavy atom. The van der Waals surface area contributed by atoms with Crippen LogP contribution >= 0.6 is 23.2 Å². The molecule has 164 valence electrons. The van der Waals surface area contributed by atoms with Crippen molar-refractivity contribution in [3.63, 3.8) is 0 Å². The molecule has 2 bridgehead atoms. The van der Waals surface area contributed by atoms with Crippen LogP contribution in [0.15, 0.2) is 42.5 Å². The van der Waals surface area contributed by atoms with Crippen molar-refractivity contribution in [2.75, 3.05) is 0 Å². The maximum atomic E-state index is 13.7. The molecule has 2 aliphatic carbocycles. The Hall–Kier alpha value is -2.70. The number of hydrogen-bond donors (Lipinski definition) is 2. The van der Waals surface area contributed by atoms with E-state index in [4.69, 9.17) is 33.2 Å². The highest BCUT2D eigenvalue weighted by Gasteiger charge is 2.73. The van der Waals surface area contributed by atoms with Gasteiger partial charge in [-0.1, -0.05) is 56.1 Å². The molecule has 1 fully saturated rings. The van der Waals surface area contributed by atoms with Gasteiger partial charge in [0.15, 0.2) is 0 Å². The molecule has 2 atom stereocenters. The summed E-state index contributed by atoms with van der Waals surface area (Å²) in [5.74, 6) is -0.814. The molecule has 32 heavy (non-hydrogen) atoms. The van der Waals surface area contributed by atoms with E-state index in [9.17, 15) is 9.59 Å². The molecular formula is C24H22Cl2N4O2. The van der Waals surface area contributed by atoms with Crippen molar-refractivity contribution >= 4 is 46.0 Å². The van der Waals surface area contributed by atoms with Crippen LogP contribution in [0.25, 0.3) is 11.0 Å². The largest absolute Gasteiger partial charge is 0.272 e. The molecule has 0 aliphatic heterocycles. The molecule has 2 amide bonds. The monoisotopic (exact) mass is 468 g/mol. The maximum absolute atomic E-state index is 13.7. The first-order valence-electron chi connectivity index (χ1n) is 10.5. The summed E-state index contributed by atoms with van der Waals surface area (Å²) in [6, 6.07) is 12.3. The molecule has 1 saturated carbocycles. The number of fused-ring (bicyclic) bond motifs is 6. The number of nitrogens with zero attached hydrogens (tertiary/aromatic N) is 2. The van der Waals surface area contributed by atoms with Gasteiger partial charge in [-0.15, -0.1) is 0 Å². The van der Waals surface area contributed by atoms with Crippen LogP contribution in [-0.2, 0) is 15.6 Å². The topological polar surface area (TPSA) is 84.0 Å². The van der Waals surface area contributed by atoms with Crippen LogP contribution in [0.2, 0.25) is 10.0 Å². The van der Waals surface area contributed by atoms with Gasteiger partial charge in [-0.3, -0.25) is 20.4 Å². The fraction of sp³-hybridized carbons (Fsp3) is 0.333. The van der Waals surface area contributed by atoms with Crippen LogP contribution in [0.4, 0.5) is 0 Å². The number of amides is 2. The van der Waals surface area contributed by atoms with E-state index >= 15 is 0 Å². The van der Waals surface area contributed by atoms with Crippen molar-refractivity contribution in [1.82, 2.24) is 20.8 Å². The summed E-state index contributed by atoms with van der Waals surface area (Å²) in [7, 11) is 0. The molecule has 1 heterocycles. The maximum Gasteiger partial charge on any atom is 0.271 e. The number of carbonyl (C=O) groups excluding carboxylic acids is 2. The Bertz CT molecular complexity index is 1310. The summed E-state index contributed by atoms with van der Waals surface area (Å²) in [5, 5.41) is 0.634. The zero-order chi connectivity index (χ0) is 22.9. The van der Waals surface area contributed by atoms with Gasteiger partial charge in [0, 0.05) is 10.4 Å². The van der Waals surface area contributed by atoms with Crippen molar-refractivity contribution in [2.45, 2.75) is 44.4 Å². The van der Waals surface area contributed by atoms with E-state index < -0.39 is 16.7 Å². The lowest BCUT2D eigenvalue weighted by atomic mass is 9.63. The average molecular weight is 469 g/mol. The number of hydrogen-bond acceptors (Lipinski definition) is 4. The van der Waals surface area contributed by atoms with E-state index in [1.807, 2.05) is 24.3 Å². The number of hydrazine groups is 1. The molecule has 2 unspecified atom stereocenters. The van der Waals surface area contributed by atoms with E-state index in [1.54, 1.807) is 6.07 Å². The van der Waals surface area contributed by atoms with Crippen molar-refractivity contribution < 1.29 is 9.59 Å². The second kappa shape index (κ2) is 6.90. The molecule has 3 aromatic rings. The van der Waals surface area contributed by atoms with E-state index in [1.165, 1.54) is 12.1 Å². The molecule has 8 heteroatoms. The van der Waals surface area contributed by atoms with E-state index in [0.717, 1.165) is 23.1 Å². The van der Waals surface area contributed by atoms with Gasteiger partial charge in [0.05, 0.1) is 33.0 Å². The minimum Gasteiger partial charge on any atom is -0.272 e. The fourth-order valence-electron chi connectivity index (χ4n) is 5.51. The second-order valence-electron chi connectivity index (χ2n) is 9.30. The first-order chi connectivity index (χ1) is 15.1. The van der Waals surface area contributed by atoms with E-state index in [0.29, 0.717) is 17.1 Å². The van der Waals surface area contributed by atoms with Crippen LogP contribution < -0.4 is 10.9 Å². The number of nitrogens with one attached hydrogen (secondary N) is 2. The first-order valence-corrected chi connectivity index (χ1v) is 11.2. The molecule has 0 radical (unpaired) electrons. The van der Waals surface area contributed by atoms with Crippen molar-refractivity contribution in [3.8, 4) is 0 Å². The van der Waals surface area contributed by atoms with Gasteiger partial charge in [-0.2, -0.15) is 0 Å². The van der Waals surface area contributed by atoms with Gasteiger partial charge in [-0.25, -0.2) is 9.97 Å². The highest BCUT2D eigenvalue weighted by atomic mass is 35.5. The normalized spacial score (nSPS) is 24.9. The predicted octanol–water partition coefficient (Wildman–Crippen LogP) is 4.73. The average Bonchev–Trinajstić information content (AvgIpc) is 3.05. The summed E-state index contributed by atoms with van der Waals surface area (Å²) >= 11 is 12.0. The van der Waals surface area contributed by atoms with Crippen LogP contribution in [-0.4, -0.2) is 21.8 Å². The van der Waals surface area contributed by atoms with Gasteiger partial charge in [0.1, 0.15) is 5.41 Å². The molecule has 0 saturated heterocycles. The number of para-hydroxylation sites is 2. The lowest BCUT2D eigenvalue weighted by Crippen LogP contribution is -2.55. The molecule has 6 nitrogen and oxygen atoms in total. The van der Waals surface area contributed by atoms with Gasteiger partial charge in [0.25, 0.3) is 11.8 Å². The van der Waals surface area contributed by atoms with Crippen LogP contribution in [0, 0.1) is 5.41 Å². The van der Waals surface area contributed by atoms with Gasteiger partial charge in [-0.05, 0) is 48.6 Å². The third kappa shape index (κ3) is 2.60. The fourth-order valence-corrected chi connectivity index (χ4v) is 6.00. The van der Waals surface area contributed by atoms with Gasteiger partial charge < -0.3 is 0 Å². The standard InChI is InChI=1S/C24H22Cl2N4O2/c1-22(2)23(3)10-11-24(22,19-18(23)27-16-6-4-5-7-17(16)28-19)21(32)30-29-20(31)14-9-8-13(25)12-15(14)26/h4-9,12H,10-11H2,1-3H3,(H,29,31)(H,30,32). The number of rotatable bonds is 2. The molecule has 0 spiro atoms. The summed E-state index contributed by atoms with van der Waals surface area (Å²) in [5.41, 5.74) is 6.86. The van der Waals surface area contributed by atoms with Crippen molar-refractivity contribution in [3.05, 3.63) is 69.5 Å². The predicted molar refractivity (Wildman–Crippen MR) is 124 cm³/mol. The molecular weight excluding hydrogens is 447 g/mol. The van der Waals surface area contributed by atoms with Gasteiger partial charge in [0.2, 0.25) is 0 Å². The molecule has 2 aliphatic rings. The number of carbonyl (C=O) groups is 2. The van der Waals surface area contributed by atoms with Crippen LogP contribution in [0.1, 0.15) is 55.4 Å². The first kappa shape index (κ1) is 21.2. The number of aromatic nitrogens is 2. The zero-order valence-corrected chi connectivity index (χ0v) is 19.4. The summed E-state index contributed by atoms with van der Waals surface area (Å²) < 4.78 is 0. The Morgan fingerprint density at radius 1 is 0.906 bits per heavy atom. The Morgan fingerprint density at radius 3 is 2.22 bits per heavy atom. The van der Waals surface area contributed by atoms with Crippen LogP contribution in [0.3, 0.4) is 0 Å². The van der Waals surface area contributed by atoms with E-state index in [2.05, 4.69) is 31.6 Å². The molecule has 1 aromatic heterocycles. The summed E-state index contributed by atoms with van der Waals surface area (Å²) in [4.78, 5) is 36.2. The summed E-state index contributed by atoms with van der Waals surface area (Å²) in [6.07, 6.45) is 1.43. The lowest BCUT2D eigenvalue weighted by Gasteiger charge is -2.39. The SMILES string of the molecule is CC12CCC(C(=O)NNC(=O)c3ccc(Cl)cc3Cl)(c3nc4ccccc4nc31)C2(C)C. The summed E-state index contributed by atoms with van der Waals surface area (Å²) in [6.45, 7) is 6.33. The lowest BCUT2D eigenvalue weighted by molar-refractivity contribution is -0.131. The smallest absolute Gasteiger partial charge is 0.271 e. The molecule has 2 aromatic carbocycles. The molecule has 2 N–H and O–H groups in total. The van der Waals surface area contributed by atoms with Crippen molar-refractivity contribution in [2.24, 2.45) is 5.41 Å². The highest BCUT2D eigenvalue weighted by Crippen LogP contribution is 2.70. The third-order valence-electron chi connectivity index (χ3n) is 7.80. The quantitative estimate of drug-likeness (QED) is 0.532. The van der Waals surface area contributed by atoms with Crippen molar-refractivity contribution in [1.29, 1.82) is 0 Å². The van der Waals surface area contributed by atoms with Gasteiger partial charge >= 0.3 is 0 Å². The third-order valence-corrected chi connectivity index (χ3v) is 8.34. The van der Waals surface area contributed by atoms with Crippen LogP contribution in [0.5, 0.6) is 0 Å².